The molecule has 0 radical (unpaired) electrons. The Kier molecular flexibility index (Phi) is 8.72. The number of nitrogens with zero attached hydrogens (tertiary/aromatic N) is 9. The van der Waals surface area contributed by atoms with Crippen LogP contribution < -0.4 is 20.2 Å². The molecule has 0 amide bonds. The van der Waals surface area contributed by atoms with Crippen LogP contribution in [-0.4, -0.2) is 79.6 Å². The van der Waals surface area contributed by atoms with Crippen LogP contribution in [0.5, 0.6) is 5.75 Å². The van der Waals surface area contributed by atoms with Crippen molar-refractivity contribution >= 4 is 11.4 Å². The zero-order valence-corrected chi connectivity index (χ0v) is 26.6. The molecular weight excluding hydrogens is 598 g/mol. The molecule has 3 aromatic heterocycles. The number of rotatable bonds is 11. The van der Waals surface area contributed by atoms with Crippen LogP contribution in [0.2, 0.25) is 0 Å². The number of piperazine rings is 1. The van der Waals surface area contributed by atoms with Gasteiger partial charge in [-0.15, -0.1) is 0 Å². The lowest BCUT2D eigenvalue weighted by Crippen LogP contribution is -2.46. The molecule has 2 fully saturated rings. The Balaban J connectivity index is 0.913. The van der Waals surface area contributed by atoms with E-state index in [-0.39, 0.29) is 17.8 Å². The zero-order valence-electron chi connectivity index (χ0n) is 26.6. The molecule has 2 saturated heterocycles. The van der Waals surface area contributed by atoms with Crippen LogP contribution in [0.15, 0.2) is 96.7 Å². The first kappa shape index (κ1) is 30.6. The molecular formula is C34H39N9O4. The van der Waals surface area contributed by atoms with Gasteiger partial charge in [0.15, 0.2) is 0 Å². The number of aromatic nitrogens is 7. The van der Waals surface area contributed by atoms with Crippen LogP contribution in [0, 0.1) is 0 Å². The largest absolute Gasteiger partial charge is 0.491 e. The summed E-state index contributed by atoms with van der Waals surface area (Å²) in [6, 6.07) is 22.1. The first-order chi connectivity index (χ1) is 23.0. The molecule has 0 aliphatic carbocycles. The van der Waals surface area contributed by atoms with Gasteiger partial charge in [0.05, 0.1) is 18.3 Å². The molecule has 1 unspecified atom stereocenters. The Hall–Kier alpha value is -5.01. The number of hydrogen-bond donors (Lipinski definition) is 0. The van der Waals surface area contributed by atoms with Crippen molar-refractivity contribution in [3.8, 4) is 11.4 Å². The molecule has 0 spiro atoms. The van der Waals surface area contributed by atoms with Crippen molar-refractivity contribution in [1.29, 1.82) is 0 Å². The van der Waals surface area contributed by atoms with Gasteiger partial charge in [0, 0.05) is 43.8 Å². The highest BCUT2D eigenvalue weighted by molar-refractivity contribution is 5.54. The SMILES string of the molecule is CCC(C)n1ncn(-c2ccc(N3CCN(c4ccc(OC[C@@H]5CO[C@@](Cn6cncn6)(c6ccccn6)O5)cc4)CC3)cc2)c1=O. The van der Waals surface area contributed by atoms with E-state index in [2.05, 4.69) is 61.2 Å². The summed E-state index contributed by atoms with van der Waals surface area (Å²) in [7, 11) is 0. The number of pyridine rings is 1. The summed E-state index contributed by atoms with van der Waals surface area (Å²) >= 11 is 0. The highest BCUT2D eigenvalue weighted by atomic mass is 16.8. The van der Waals surface area contributed by atoms with Crippen molar-refractivity contribution in [2.45, 2.75) is 44.7 Å². The molecule has 13 heteroatoms. The molecule has 0 N–H and O–H groups in total. The van der Waals surface area contributed by atoms with Crippen molar-refractivity contribution in [3.63, 3.8) is 0 Å². The summed E-state index contributed by atoms with van der Waals surface area (Å²) < 4.78 is 23.6. The Bertz CT molecular complexity index is 1780. The maximum Gasteiger partial charge on any atom is 0.350 e. The van der Waals surface area contributed by atoms with Crippen LogP contribution >= 0.6 is 0 Å². The molecule has 3 atom stereocenters. The first-order valence-electron chi connectivity index (χ1n) is 16.1. The van der Waals surface area contributed by atoms with Crippen LogP contribution in [0.25, 0.3) is 5.69 Å². The van der Waals surface area contributed by atoms with Gasteiger partial charge in [-0.05, 0) is 74.0 Å². The molecule has 2 aliphatic heterocycles. The molecule has 5 heterocycles. The van der Waals surface area contributed by atoms with Crippen molar-refractivity contribution < 1.29 is 14.2 Å². The van der Waals surface area contributed by atoms with Crippen molar-refractivity contribution in [2.75, 3.05) is 49.2 Å². The maximum absolute atomic E-state index is 12.8. The molecule has 47 heavy (non-hydrogen) atoms. The van der Waals surface area contributed by atoms with Crippen LogP contribution in [0.4, 0.5) is 11.4 Å². The third-order valence-corrected chi connectivity index (χ3v) is 8.86. The van der Waals surface area contributed by atoms with Gasteiger partial charge in [0.25, 0.3) is 0 Å². The second-order valence-corrected chi connectivity index (χ2v) is 11.9. The minimum atomic E-state index is -1.06. The Morgan fingerprint density at radius 3 is 2.26 bits per heavy atom. The van der Waals surface area contributed by atoms with Crippen LogP contribution in [0.3, 0.4) is 0 Å². The van der Waals surface area contributed by atoms with E-state index in [1.165, 1.54) is 6.33 Å². The lowest BCUT2D eigenvalue weighted by Gasteiger charge is -2.37. The average molecular weight is 638 g/mol. The summed E-state index contributed by atoms with van der Waals surface area (Å²) in [6.45, 7) is 8.70. The fourth-order valence-corrected chi connectivity index (χ4v) is 6.02. The lowest BCUT2D eigenvalue weighted by atomic mass is 10.1. The smallest absolute Gasteiger partial charge is 0.350 e. The van der Waals surface area contributed by atoms with E-state index < -0.39 is 5.79 Å². The highest BCUT2D eigenvalue weighted by Gasteiger charge is 2.45. The predicted molar refractivity (Wildman–Crippen MR) is 176 cm³/mol. The van der Waals surface area contributed by atoms with Gasteiger partial charge < -0.3 is 24.0 Å². The Labute approximate surface area is 272 Å². The van der Waals surface area contributed by atoms with Gasteiger partial charge >= 0.3 is 5.69 Å². The molecule has 2 aliphatic rings. The van der Waals surface area contributed by atoms with Crippen LogP contribution in [0.1, 0.15) is 32.0 Å². The normalized spacial score (nSPS) is 20.4. The van der Waals surface area contributed by atoms with E-state index in [4.69, 9.17) is 14.2 Å². The van der Waals surface area contributed by atoms with E-state index in [1.54, 1.807) is 32.8 Å². The summed E-state index contributed by atoms with van der Waals surface area (Å²) in [4.78, 5) is 26.1. The standard InChI is InChI=1S/C34H39N9O4/c1-3-26(2)43-33(44)42(25-38-43)29-9-7-27(8-10-29)39-16-18-40(19-17-39)28-11-13-30(14-12-28)45-20-31-21-46-34(47-31,22-41-24-35-23-37-41)32-6-4-5-15-36-32/h4-15,23-26,31H,3,16-22H2,1-2H3/t26?,31-,34-/m1/s1. The van der Waals surface area contributed by atoms with Crippen molar-refractivity contribution in [3.05, 3.63) is 108 Å². The fourth-order valence-electron chi connectivity index (χ4n) is 6.02. The number of anilines is 2. The fraction of sp³-hybridized carbons (Fsp3) is 0.382. The van der Waals surface area contributed by atoms with Crippen molar-refractivity contribution in [1.82, 2.24) is 34.1 Å². The minimum Gasteiger partial charge on any atom is -0.491 e. The van der Waals surface area contributed by atoms with Gasteiger partial charge in [0.2, 0.25) is 5.79 Å². The molecule has 244 valence electrons. The maximum atomic E-state index is 12.8. The Morgan fingerprint density at radius 2 is 1.62 bits per heavy atom. The third kappa shape index (κ3) is 6.49. The molecule has 2 aromatic carbocycles. The van der Waals surface area contributed by atoms with Crippen LogP contribution in [-0.2, 0) is 21.8 Å². The first-order valence-corrected chi connectivity index (χ1v) is 16.1. The molecule has 0 saturated carbocycles. The van der Waals surface area contributed by atoms with Gasteiger partial charge in [-0.1, -0.05) is 13.0 Å². The molecule has 13 nitrogen and oxygen atoms in total. The van der Waals surface area contributed by atoms with Crippen molar-refractivity contribution in [2.24, 2.45) is 0 Å². The second kappa shape index (κ2) is 13.4. The lowest BCUT2D eigenvalue weighted by molar-refractivity contribution is -0.193. The molecule has 0 bridgehead atoms. The van der Waals surface area contributed by atoms with E-state index in [9.17, 15) is 4.79 Å². The summed E-state index contributed by atoms with van der Waals surface area (Å²) in [5.74, 6) is -0.287. The predicted octanol–water partition coefficient (Wildman–Crippen LogP) is 3.67. The van der Waals surface area contributed by atoms with Gasteiger partial charge in [-0.25, -0.2) is 23.7 Å². The monoisotopic (exact) mass is 637 g/mol. The number of hydrogen-bond acceptors (Lipinski definition) is 10. The molecule has 5 aromatic rings. The minimum absolute atomic E-state index is 0.0704. The summed E-state index contributed by atoms with van der Waals surface area (Å²) in [6.07, 6.45) is 7.03. The summed E-state index contributed by atoms with van der Waals surface area (Å²) in [5, 5.41) is 8.52. The van der Waals surface area contributed by atoms with Gasteiger partial charge in [0.1, 0.15) is 49.7 Å². The highest BCUT2D eigenvalue weighted by Crippen LogP contribution is 2.35. The van der Waals surface area contributed by atoms with E-state index in [0.717, 1.165) is 55.4 Å². The Morgan fingerprint density at radius 1 is 0.915 bits per heavy atom. The number of benzene rings is 2. The average Bonchev–Trinajstić information content (AvgIpc) is 3.89. The van der Waals surface area contributed by atoms with E-state index in [1.807, 2.05) is 49.4 Å². The zero-order chi connectivity index (χ0) is 32.2. The van der Waals surface area contributed by atoms with E-state index >= 15 is 0 Å². The molecule has 7 rings (SSSR count). The second-order valence-electron chi connectivity index (χ2n) is 11.9. The summed E-state index contributed by atoms with van der Waals surface area (Å²) in [5.41, 5.74) is 3.70. The van der Waals surface area contributed by atoms with E-state index in [0.29, 0.717) is 25.5 Å². The van der Waals surface area contributed by atoms with Gasteiger partial charge in [-0.2, -0.15) is 10.2 Å². The number of ether oxygens (including phenoxy) is 3. The third-order valence-electron chi connectivity index (χ3n) is 8.86. The quantitative estimate of drug-likeness (QED) is 0.212. The van der Waals surface area contributed by atoms with Gasteiger partial charge in [-0.3, -0.25) is 4.98 Å². The topological polar surface area (TPSA) is 118 Å².